The lowest BCUT2D eigenvalue weighted by molar-refractivity contribution is -0.115. The zero-order valence-corrected chi connectivity index (χ0v) is 25.3. The van der Waals surface area contributed by atoms with Crippen LogP contribution >= 0.6 is 58.4 Å². The van der Waals surface area contributed by atoms with Gasteiger partial charge in [-0.3, -0.25) is 14.9 Å². The van der Waals surface area contributed by atoms with E-state index in [4.69, 9.17) is 51.4 Å². The number of nitrogens with zero attached hydrogens (tertiary/aromatic N) is 2. The van der Waals surface area contributed by atoms with E-state index in [1.807, 2.05) is 34.5 Å². The monoisotopic (exact) mass is 644 g/mol. The van der Waals surface area contributed by atoms with Crippen LogP contribution in [-0.4, -0.2) is 48.0 Å². The maximum Gasteiger partial charge on any atom is 0.264 e. The first kappa shape index (κ1) is 29.2. The number of carbonyl (C=O) groups excluding carboxylic acids is 2. The lowest BCUT2D eigenvalue weighted by Crippen LogP contribution is -2.48. The Kier molecular flexibility index (Phi) is 9.32. The number of halogens is 3. The molecule has 3 heterocycles. The van der Waals surface area contributed by atoms with Gasteiger partial charge in [-0.2, -0.15) is 0 Å². The number of thiocarbonyl (C=S) groups is 1. The number of thiophene rings is 1. The number of piperazine rings is 1. The molecule has 0 radical (unpaired) electrons. The minimum atomic E-state index is -0.432. The van der Waals surface area contributed by atoms with Crippen molar-refractivity contribution in [1.82, 2.24) is 10.2 Å². The van der Waals surface area contributed by atoms with Crippen molar-refractivity contribution in [3.8, 4) is 11.3 Å². The lowest BCUT2D eigenvalue weighted by Gasteiger charge is -2.36. The molecule has 4 aromatic rings. The van der Waals surface area contributed by atoms with Crippen molar-refractivity contribution in [2.45, 2.75) is 0 Å². The number of amides is 2. The summed E-state index contributed by atoms with van der Waals surface area (Å²) in [6, 6.07) is 18.0. The standard InChI is InChI=1S/C29H23Cl3N4O3S2/c30-21-4-1-3-20(27(21)32)24-10-7-19(39-24)8-11-26(37)34-29(40)33-18-6-9-23(22(31)17-18)35-12-14-36(15-13-35)28(38)25-5-2-16-41-25/h1-11,16-17H,12-15H2,(H2,33,34,37,40)/b11-8+. The van der Waals surface area contributed by atoms with Gasteiger partial charge in [-0.15, -0.1) is 11.3 Å². The van der Waals surface area contributed by atoms with Crippen molar-refractivity contribution in [1.29, 1.82) is 0 Å². The van der Waals surface area contributed by atoms with E-state index in [1.165, 1.54) is 23.5 Å². The fourth-order valence-corrected chi connectivity index (χ4v) is 5.91. The van der Waals surface area contributed by atoms with Crippen LogP contribution < -0.4 is 15.5 Å². The quantitative estimate of drug-likeness (QED) is 0.168. The molecule has 210 valence electrons. The molecule has 2 aromatic carbocycles. The average molecular weight is 646 g/mol. The summed E-state index contributed by atoms with van der Waals surface area (Å²) in [6.45, 7) is 2.58. The predicted molar refractivity (Wildman–Crippen MR) is 171 cm³/mol. The van der Waals surface area contributed by atoms with Gasteiger partial charge in [0.15, 0.2) is 5.11 Å². The van der Waals surface area contributed by atoms with Gasteiger partial charge in [-0.1, -0.05) is 46.9 Å². The number of carbonyl (C=O) groups is 2. The summed E-state index contributed by atoms with van der Waals surface area (Å²) >= 11 is 25.7. The van der Waals surface area contributed by atoms with Crippen LogP contribution in [0.3, 0.4) is 0 Å². The van der Waals surface area contributed by atoms with Crippen LogP contribution in [0.2, 0.25) is 15.1 Å². The van der Waals surface area contributed by atoms with Crippen LogP contribution in [0.1, 0.15) is 15.4 Å². The number of nitrogens with one attached hydrogen (secondary N) is 2. The van der Waals surface area contributed by atoms with Gasteiger partial charge in [0, 0.05) is 43.5 Å². The third-order valence-electron chi connectivity index (χ3n) is 6.32. The van der Waals surface area contributed by atoms with Gasteiger partial charge in [0.2, 0.25) is 5.91 Å². The molecule has 0 bridgehead atoms. The number of rotatable bonds is 6. The minimum absolute atomic E-state index is 0.0621. The van der Waals surface area contributed by atoms with E-state index >= 15 is 0 Å². The van der Waals surface area contributed by atoms with Crippen LogP contribution in [0.25, 0.3) is 17.4 Å². The molecule has 12 heteroatoms. The Morgan fingerprint density at radius 2 is 1.76 bits per heavy atom. The summed E-state index contributed by atoms with van der Waals surface area (Å²) in [4.78, 5) is 29.8. The Balaban J connectivity index is 1.12. The maximum atomic E-state index is 12.6. The third-order valence-corrected chi connectivity index (χ3v) is 8.51. The van der Waals surface area contributed by atoms with E-state index in [-0.39, 0.29) is 11.0 Å². The van der Waals surface area contributed by atoms with E-state index in [0.29, 0.717) is 64.0 Å². The number of furan rings is 1. The highest BCUT2D eigenvalue weighted by molar-refractivity contribution is 7.80. The van der Waals surface area contributed by atoms with Crippen molar-refractivity contribution in [3.63, 3.8) is 0 Å². The second-order valence-electron chi connectivity index (χ2n) is 9.00. The first-order valence-electron chi connectivity index (χ1n) is 12.5. The SMILES string of the molecule is O=C(/C=C/c1ccc(-c2cccc(Cl)c2Cl)o1)NC(=S)Nc1ccc(N2CCN(C(=O)c3cccs3)CC2)c(Cl)c1. The molecule has 2 amide bonds. The van der Waals surface area contributed by atoms with E-state index < -0.39 is 5.91 Å². The van der Waals surface area contributed by atoms with Gasteiger partial charge in [0.1, 0.15) is 11.5 Å². The smallest absolute Gasteiger partial charge is 0.264 e. The second-order valence-corrected chi connectivity index (χ2v) is 11.6. The van der Waals surface area contributed by atoms with Gasteiger partial charge >= 0.3 is 0 Å². The number of hydrogen-bond donors (Lipinski definition) is 2. The molecule has 0 saturated carbocycles. The van der Waals surface area contributed by atoms with Crippen molar-refractivity contribution in [2.24, 2.45) is 0 Å². The van der Waals surface area contributed by atoms with Crippen LogP contribution in [0.5, 0.6) is 0 Å². The summed E-state index contributed by atoms with van der Waals surface area (Å²) in [6.07, 6.45) is 2.84. The Morgan fingerprint density at radius 3 is 2.49 bits per heavy atom. The Labute approximate surface area is 261 Å². The van der Waals surface area contributed by atoms with Crippen LogP contribution in [0.4, 0.5) is 11.4 Å². The molecule has 0 unspecified atom stereocenters. The van der Waals surface area contributed by atoms with Crippen molar-refractivity contribution in [3.05, 3.63) is 97.8 Å². The number of hydrogen-bond acceptors (Lipinski definition) is 6. The van der Waals surface area contributed by atoms with Crippen molar-refractivity contribution >= 4 is 92.7 Å². The Morgan fingerprint density at radius 1 is 0.951 bits per heavy atom. The van der Waals surface area contributed by atoms with E-state index in [1.54, 1.807) is 36.4 Å². The molecule has 0 atom stereocenters. The molecule has 1 aliphatic heterocycles. The third kappa shape index (κ3) is 7.12. The first-order valence-corrected chi connectivity index (χ1v) is 14.9. The van der Waals surface area contributed by atoms with E-state index in [0.717, 1.165) is 10.6 Å². The zero-order chi connectivity index (χ0) is 28.9. The van der Waals surface area contributed by atoms with Gasteiger partial charge < -0.3 is 19.5 Å². The average Bonchev–Trinajstić information content (AvgIpc) is 3.66. The molecule has 1 saturated heterocycles. The van der Waals surface area contributed by atoms with Gasteiger partial charge in [-0.05, 0) is 72.2 Å². The van der Waals surface area contributed by atoms with Gasteiger partial charge in [0.25, 0.3) is 5.91 Å². The first-order chi connectivity index (χ1) is 19.8. The summed E-state index contributed by atoms with van der Waals surface area (Å²) in [5.41, 5.74) is 2.16. The largest absolute Gasteiger partial charge is 0.457 e. The molecule has 41 heavy (non-hydrogen) atoms. The molecule has 1 aliphatic rings. The second kappa shape index (κ2) is 13.1. The van der Waals surface area contributed by atoms with Gasteiger partial charge in [-0.25, -0.2) is 0 Å². The molecule has 0 aliphatic carbocycles. The molecule has 1 fully saturated rings. The Bertz CT molecular complexity index is 1610. The highest BCUT2D eigenvalue weighted by Crippen LogP contribution is 2.34. The summed E-state index contributed by atoms with van der Waals surface area (Å²) in [7, 11) is 0. The normalized spacial score (nSPS) is 13.4. The van der Waals surface area contributed by atoms with Crippen LogP contribution in [0.15, 0.2) is 76.5 Å². The molecule has 0 spiro atoms. The summed E-state index contributed by atoms with van der Waals surface area (Å²) < 4.78 is 5.77. The molecule has 2 N–H and O–H groups in total. The van der Waals surface area contributed by atoms with Crippen molar-refractivity contribution < 1.29 is 14.0 Å². The van der Waals surface area contributed by atoms with Crippen molar-refractivity contribution in [2.75, 3.05) is 36.4 Å². The number of anilines is 2. The fraction of sp³-hybridized carbons (Fsp3) is 0.138. The zero-order valence-electron chi connectivity index (χ0n) is 21.4. The molecule has 5 rings (SSSR count). The summed E-state index contributed by atoms with van der Waals surface area (Å²) in [5, 5.41) is 8.96. The Hall–Kier alpha value is -3.34. The minimum Gasteiger partial charge on any atom is -0.457 e. The topological polar surface area (TPSA) is 77.8 Å². The molecule has 2 aromatic heterocycles. The van der Waals surface area contributed by atoms with Crippen LogP contribution in [-0.2, 0) is 4.79 Å². The fourth-order valence-electron chi connectivity index (χ4n) is 4.30. The van der Waals surface area contributed by atoms with E-state index in [2.05, 4.69) is 15.5 Å². The molecular weight excluding hydrogens is 623 g/mol. The maximum absolute atomic E-state index is 12.6. The van der Waals surface area contributed by atoms with E-state index in [9.17, 15) is 9.59 Å². The predicted octanol–water partition coefficient (Wildman–Crippen LogP) is 7.46. The highest BCUT2D eigenvalue weighted by atomic mass is 35.5. The summed E-state index contributed by atoms with van der Waals surface area (Å²) in [5.74, 6) is 0.624. The lowest BCUT2D eigenvalue weighted by atomic mass is 10.2. The number of benzene rings is 2. The van der Waals surface area contributed by atoms with Crippen LogP contribution in [0, 0.1) is 0 Å². The van der Waals surface area contributed by atoms with Gasteiger partial charge in [0.05, 0.1) is 25.6 Å². The molecular formula is C29H23Cl3N4O3S2. The molecule has 7 nitrogen and oxygen atoms in total. The highest BCUT2D eigenvalue weighted by Gasteiger charge is 2.24.